The maximum Gasteiger partial charge on any atom is 0.291 e. The normalized spacial score (nSPS) is 10.0. The molecule has 0 bridgehead atoms. The molecule has 2 aromatic carbocycles. The summed E-state index contributed by atoms with van der Waals surface area (Å²) in [6.07, 6.45) is 1.46. The van der Waals surface area contributed by atoms with Crippen LogP contribution in [0.4, 0.5) is 17.1 Å². The third kappa shape index (κ3) is 4.21. The third-order valence-electron chi connectivity index (χ3n) is 3.18. The Morgan fingerprint density at radius 3 is 1.92 bits per heavy atom. The van der Waals surface area contributed by atoms with Gasteiger partial charge in [-0.1, -0.05) is 18.2 Å². The number of amides is 1. The predicted molar refractivity (Wildman–Crippen MR) is 99.4 cm³/mol. The summed E-state index contributed by atoms with van der Waals surface area (Å²) in [6.45, 7) is 0. The maximum atomic E-state index is 11.9. The Balaban J connectivity index is 1.56. The largest absolute Gasteiger partial charge is 0.459 e. The lowest BCUT2D eigenvalue weighted by Crippen LogP contribution is -2.19. The number of hydrogen-bond donors (Lipinski definition) is 3. The standard InChI is InChI=1S/C18H15N3O2S/c22-17(16-7-4-12-23-16)19-14-8-10-15(11-9-14)21-18(24)20-13-5-2-1-3-6-13/h1-12H,(H,19,22)(H2,20,21,24). The highest BCUT2D eigenvalue weighted by atomic mass is 32.1. The number of hydrogen-bond acceptors (Lipinski definition) is 3. The van der Waals surface area contributed by atoms with E-state index < -0.39 is 0 Å². The SMILES string of the molecule is O=C(Nc1ccc(NC(=S)Nc2ccccc2)cc1)c1ccco1. The molecule has 0 atom stereocenters. The summed E-state index contributed by atoms with van der Waals surface area (Å²) >= 11 is 5.27. The molecule has 1 aromatic heterocycles. The zero-order chi connectivity index (χ0) is 16.8. The Morgan fingerprint density at radius 2 is 1.33 bits per heavy atom. The second kappa shape index (κ2) is 7.43. The molecule has 3 rings (SSSR count). The molecule has 1 amide bonds. The first-order valence-corrected chi connectivity index (χ1v) is 7.69. The zero-order valence-electron chi connectivity index (χ0n) is 12.7. The molecule has 24 heavy (non-hydrogen) atoms. The molecular formula is C18H15N3O2S. The number of para-hydroxylation sites is 1. The van der Waals surface area contributed by atoms with Crippen LogP contribution in [0.5, 0.6) is 0 Å². The summed E-state index contributed by atoms with van der Waals surface area (Å²) in [4.78, 5) is 11.9. The summed E-state index contributed by atoms with van der Waals surface area (Å²) in [5.74, 6) is -0.0209. The molecule has 0 saturated heterocycles. The molecule has 6 heteroatoms. The van der Waals surface area contributed by atoms with E-state index in [0.717, 1.165) is 11.4 Å². The Labute approximate surface area is 144 Å². The van der Waals surface area contributed by atoms with Crippen molar-refractivity contribution in [1.29, 1.82) is 0 Å². The van der Waals surface area contributed by atoms with Crippen LogP contribution in [0.25, 0.3) is 0 Å². The number of rotatable bonds is 4. The van der Waals surface area contributed by atoms with Crippen molar-refractivity contribution in [2.24, 2.45) is 0 Å². The Bertz CT molecular complexity index is 815. The summed E-state index contributed by atoms with van der Waals surface area (Å²) in [5, 5.41) is 9.43. The van der Waals surface area contributed by atoms with E-state index in [1.165, 1.54) is 6.26 Å². The van der Waals surface area contributed by atoms with Crippen molar-refractivity contribution in [3.8, 4) is 0 Å². The average molecular weight is 337 g/mol. The Morgan fingerprint density at radius 1 is 0.750 bits per heavy atom. The molecule has 0 aliphatic heterocycles. The van der Waals surface area contributed by atoms with E-state index in [9.17, 15) is 4.79 Å². The zero-order valence-corrected chi connectivity index (χ0v) is 13.5. The second-order valence-corrected chi connectivity index (χ2v) is 5.36. The molecular weight excluding hydrogens is 322 g/mol. The Hall–Kier alpha value is -3.12. The number of furan rings is 1. The van der Waals surface area contributed by atoms with Gasteiger partial charge in [-0.05, 0) is 60.7 Å². The van der Waals surface area contributed by atoms with Gasteiger partial charge in [0, 0.05) is 17.1 Å². The lowest BCUT2D eigenvalue weighted by Gasteiger charge is -2.11. The van der Waals surface area contributed by atoms with Gasteiger partial charge in [0.25, 0.3) is 5.91 Å². The number of carbonyl (C=O) groups excluding carboxylic acids is 1. The minimum atomic E-state index is -0.290. The van der Waals surface area contributed by atoms with Crippen molar-refractivity contribution in [2.45, 2.75) is 0 Å². The second-order valence-electron chi connectivity index (χ2n) is 4.95. The molecule has 0 radical (unpaired) electrons. The van der Waals surface area contributed by atoms with Crippen LogP contribution >= 0.6 is 12.2 Å². The van der Waals surface area contributed by atoms with E-state index in [1.807, 2.05) is 42.5 Å². The molecule has 3 N–H and O–H groups in total. The average Bonchev–Trinajstić information content (AvgIpc) is 3.12. The van der Waals surface area contributed by atoms with Gasteiger partial charge in [-0.25, -0.2) is 0 Å². The fraction of sp³-hybridized carbons (Fsp3) is 0. The molecule has 0 spiro atoms. The van der Waals surface area contributed by atoms with Crippen LogP contribution in [0.3, 0.4) is 0 Å². The topological polar surface area (TPSA) is 66.3 Å². The van der Waals surface area contributed by atoms with Crippen molar-refractivity contribution in [3.63, 3.8) is 0 Å². The monoisotopic (exact) mass is 337 g/mol. The lowest BCUT2D eigenvalue weighted by molar-refractivity contribution is 0.0996. The van der Waals surface area contributed by atoms with Crippen molar-refractivity contribution in [1.82, 2.24) is 0 Å². The van der Waals surface area contributed by atoms with E-state index >= 15 is 0 Å². The molecule has 0 saturated carbocycles. The summed E-state index contributed by atoms with van der Waals surface area (Å²) in [6, 6.07) is 20.2. The fourth-order valence-electron chi connectivity index (χ4n) is 2.05. The molecule has 0 fully saturated rings. The number of thiocarbonyl (C=S) groups is 1. The minimum Gasteiger partial charge on any atom is -0.459 e. The van der Waals surface area contributed by atoms with E-state index in [1.54, 1.807) is 24.3 Å². The van der Waals surface area contributed by atoms with Gasteiger partial charge in [0.1, 0.15) is 0 Å². The van der Waals surface area contributed by atoms with Crippen LogP contribution in [0.1, 0.15) is 10.6 Å². The number of anilines is 3. The van der Waals surface area contributed by atoms with Crippen molar-refractivity contribution >= 4 is 40.3 Å². The van der Waals surface area contributed by atoms with E-state index in [0.29, 0.717) is 10.8 Å². The highest BCUT2D eigenvalue weighted by Crippen LogP contribution is 2.15. The van der Waals surface area contributed by atoms with Crippen molar-refractivity contribution in [2.75, 3.05) is 16.0 Å². The third-order valence-corrected chi connectivity index (χ3v) is 3.38. The first kappa shape index (κ1) is 15.8. The highest BCUT2D eigenvalue weighted by molar-refractivity contribution is 7.80. The number of benzene rings is 2. The Kier molecular flexibility index (Phi) is 4.88. The molecule has 5 nitrogen and oxygen atoms in total. The molecule has 1 heterocycles. The number of nitrogens with one attached hydrogen (secondary N) is 3. The number of carbonyl (C=O) groups is 1. The fourth-order valence-corrected chi connectivity index (χ4v) is 2.29. The smallest absolute Gasteiger partial charge is 0.291 e. The summed E-state index contributed by atoms with van der Waals surface area (Å²) < 4.78 is 5.05. The van der Waals surface area contributed by atoms with Crippen LogP contribution in [0, 0.1) is 0 Å². The van der Waals surface area contributed by atoms with E-state index in [4.69, 9.17) is 16.6 Å². The van der Waals surface area contributed by atoms with Crippen molar-refractivity contribution < 1.29 is 9.21 Å². The van der Waals surface area contributed by atoms with Gasteiger partial charge < -0.3 is 20.4 Å². The minimum absolute atomic E-state index is 0.269. The van der Waals surface area contributed by atoms with Gasteiger partial charge in [-0.2, -0.15) is 0 Å². The van der Waals surface area contributed by atoms with Crippen molar-refractivity contribution in [3.05, 3.63) is 78.8 Å². The van der Waals surface area contributed by atoms with Crippen LogP contribution in [-0.2, 0) is 0 Å². The summed E-state index contributed by atoms with van der Waals surface area (Å²) in [7, 11) is 0. The van der Waals surface area contributed by atoms with Crippen LogP contribution < -0.4 is 16.0 Å². The molecule has 0 unspecified atom stereocenters. The van der Waals surface area contributed by atoms with Gasteiger partial charge >= 0.3 is 0 Å². The quantitative estimate of drug-likeness (QED) is 0.618. The van der Waals surface area contributed by atoms with Gasteiger partial charge in [0.05, 0.1) is 6.26 Å². The molecule has 0 aliphatic rings. The first-order valence-electron chi connectivity index (χ1n) is 7.29. The van der Waals surface area contributed by atoms with Gasteiger partial charge in [-0.3, -0.25) is 4.79 Å². The van der Waals surface area contributed by atoms with Gasteiger partial charge in [-0.15, -0.1) is 0 Å². The van der Waals surface area contributed by atoms with Crippen LogP contribution in [-0.4, -0.2) is 11.0 Å². The highest BCUT2D eigenvalue weighted by Gasteiger charge is 2.08. The van der Waals surface area contributed by atoms with E-state index in [-0.39, 0.29) is 11.7 Å². The first-order chi connectivity index (χ1) is 11.7. The van der Waals surface area contributed by atoms with Crippen LogP contribution in [0.15, 0.2) is 77.4 Å². The van der Waals surface area contributed by atoms with Crippen LogP contribution in [0.2, 0.25) is 0 Å². The lowest BCUT2D eigenvalue weighted by atomic mass is 10.2. The van der Waals surface area contributed by atoms with Gasteiger partial charge in [0.15, 0.2) is 10.9 Å². The van der Waals surface area contributed by atoms with Gasteiger partial charge in [0.2, 0.25) is 0 Å². The predicted octanol–water partition coefficient (Wildman–Crippen LogP) is 4.34. The maximum absolute atomic E-state index is 11.9. The van der Waals surface area contributed by atoms with E-state index in [2.05, 4.69) is 16.0 Å². The molecule has 3 aromatic rings. The molecule has 120 valence electrons. The molecule has 0 aliphatic carbocycles. The summed E-state index contributed by atoms with van der Waals surface area (Å²) in [5.41, 5.74) is 2.40.